The van der Waals surface area contributed by atoms with E-state index >= 15 is 0 Å². The van der Waals surface area contributed by atoms with E-state index in [0.29, 0.717) is 18.9 Å². The highest BCUT2D eigenvalue weighted by Crippen LogP contribution is 2.43. The molecule has 5 rings (SSSR count). The van der Waals surface area contributed by atoms with Gasteiger partial charge in [0.25, 0.3) is 0 Å². The zero-order valence-corrected chi connectivity index (χ0v) is 17.4. The predicted molar refractivity (Wildman–Crippen MR) is 117 cm³/mol. The van der Waals surface area contributed by atoms with Crippen molar-refractivity contribution >= 4 is 11.8 Å². The SMILES string of the molecule is O=C(CC1CC1)N1CC(=O)N2[C@H](CO)[C@H](c3ccc(C#Cc4ccccc4)cc3)[C@H]2C1. The van der Waals surface area contributed by atoms with Gasteiger partial charge in [-0.15, -0.1) is 0 Å². The van der Waals surface area contributed by atoms with Gasteiger partial charge in [-0.25, -0.2) is 0 Å². The molecule has 2 amide bonds. The largest absolute Gasteiger partial charge is 0.394 e. The van der Waals surface area contributed by atoms with E-state index in [1.165, 1.54) is 0 Å². The summed E-state index contributed by atoms with van der Waals surface area (Å²) in [5, 5.41) is 9.94. The lowest BCUT2D eigenvalue weighted by Crippen LogP contribution is -2.73. The molecule has 2 aromatic rings. The number of rotatable bonds is 4. The lowest BCUT2D eigenvalue weighted by Gasteiger charge is -2.58. The Morgan fingerprint density at radius 2 is 1.68 bits per heavy atom. The van der Waals surface area contributed by atoms with Gasteiger partial charge in [-0.05, 0) is 48.6 Å². The van der Waals surface area contributed by atoms with Crippen LogP contribution in [0.3, 0.4) is 0 Å². The van der Waals surface area contributed by atoms with Crippen LogP contribution in [-0.4, -0.2) is 58.5 Å². The Labute approximate surface area is 182 Å². The van der Waals surface area contributed by atoms with Crippen molar-refractivity contribution in [1.29, 1.82) is 0 Å². The number of hydrogen-bond acceptors (Lipinski definition) is 3. The van der Waals surface area contributed by atoms with E-state index in [0.717, 1.165) is 29.5 Å². The van der Waals surface area contributed by atoms with Crippen LogP contribution in [0.15, 0.2) is 54.6 Å². The summed E-state index contributed by atoms with van der Waals surface area (Å²) >= 11 is 0. The van der Waals surface area contributed by atoms with Crippen molar-refractivity contribution in [1.82, 2.24) is 9.80 Å². The molecule has 0 bridgehead atoms. The molecule has 0 radical (unpaired) electrons. The van der Waals surface area contributed by atoms with Crippen LogP contribution in [0.25, 0.3) is 0 Å². The summed E-state index contributed by atoms with van der Waals surface area (Å²) in [6, 6.07) is 17.6. The molecule has 1 aliphatic carbocycles. The molecule has 2 aliphatic heterocycles. The van der Waals surface area contributed by atoms with Crippen LogP contribution < -0.4 is 0 Å². The summed E-state index contributed by atoms with van der Waals surface area (Å²) in [7, 11) is 0. The number of amides is 2. The highest BCUT2D eigenvalue weighted by Gasteiger charge is 2.54. The Morgan fingerprint density at radius 1 is 1.00 bits per heavy atom. The van der Waals surface area contributed by atoms with E-state index in [9.17, 15) is 14.7 Å². The van der Waals surface area contributed by atoms with Crippen molar-refractivity contribution in [3.05, 3.63) is 71.3 Å². The summed E-state index contributed by atoms with van der Waals surface area (Å²) < 4.78 is 0. The van der Waals surface area contributed by atoms with E-state index in [-0.39, 0.29) is 43.0 Å². The summed E-state index contributed by atoms with van der Waals surface area (Å²) in [4.78, 5) is 28.8. The van der Waals surface area contributed by atoms with E-state index < -0.39 is 0 Å². The van der Waals surface area contributed by atoms with Crippen LogP contribution in [0.1, 0.15) is 41.9 Å². The molecule has 5 nitrogen and oxygen atoms in total. The molecule has 1 N–H and O–H groups in total. The third kappa shape index (κ3) is 3.96. The molecule has 31 heavy (non-hydrogen) atoms. The van der Waals surface area contributed by atoms with Gasteiger partial charge >= 0.3 is 0 Å². The summed E-state index contributed by atoms with van der Waals surface area (Å²) in [5.74, 6) is 6.91. The minimum Gasteiger partial charge on any atom is -0.394 e. The standard InChI is InChI=1S/C26H26N2O3/c29-17-23-26(21-12-10-19(11-13-21)7-6-18-4-2-1-3-5-18)22-15-27(16-25(31)28(22)23)24(30)14-20-8-9-20/h1-5,10-13,20,22-23,26,29H,8-9,14-17H2/t22-,23-,26-/m1/s1. The van der Waals surface area contributed by atoms with Crippen LogP contribution in [0.2, 0.25) is 0 Å². The third-order valence-electron chi connectivity index (χ3n) is 6.69. The quantitative estimate of drug-likeness (QED) is 0.782. The highest BCUT2D eigenvalue weighted by molar-refractivity contribution is 5.88. The Balaban J connectivity index is 1.32. The van der Waals surface area contributed by atoms with Crippen LogP contribution in [0.5, 0.6) is 0 Å². The molecule has 0 unspecified atom stereocenters. The zero-order chi connectivity index (χ0) is 21.4. The molecule has 2 aromatic carbocycles. The van der Waals surface area contributed by atoms with Crippen LogP contribution in [0.4, 0.5) is 0 Å². The van der Waals surface area contributed by atoms with Crippen molar-refractivity contribution in [3.63, 3.8) is 0 Å². The number of aliphatic hydroxyl groups is 1. The Kier molecular flexibility index (Phi) is 5.25. The Morgan fingerprint density at radius 3 is 2.32 bits per heavy atom. The molecule has 0 aromatic heterocycles. The normalized spacial score (nSPS) is 24.7. The summed E-state index contributed by atoms with van der Waals surface area (Å²) in [5.41, 5.74) is 2.97. The first kappa shape index (κ1) is 19.8. The fourth-order valence-electron chi connectivity index (χ4n) is 4.84. The van der Waals surface area contributed by atoms with Crippen molar-refractivity contribution < 1.29 is 14.7 Å². The first-order chi connectivity index (χ1) is 15.1. The molecule has 3 aliphatic rings. The van der Waals surface area contributed by atoms with Gasteiger partial charge in [0.15, 0.2) is 0 Å². The summed E-state index contributed by atoms with van der Waals surface area (Å²) in [6.07, 6.45) is 2.80. The second-order valence-electron chi connectivity index (χ2n) is 8.80. The fourth-order valence-corrected chi connectivity index (χ4v) is 4.84. The topological polar surface area (TPSA) is 60.9 Å². The molecule has 3 atom stereocenters. The van der Waals surface area contributed by atoms with E-state index in [4.69, 9.17) is 0 Å². The van der Waals surface area contributed by atoms with Crippen molar-refractivity contribution in [2.75, 3.05) is 19.7 Å². The Bertz CT molecular complexity index is 1030. The van der Waals surface area contributed by atoms with Crippen LogP contribution in [0, 0.1) is 17.8 Å². The molecule has 2 saturated heterocycles. The van der Waals surface area contributed by atoms with Gasteiger partial charge in [0.1, 0.15) is 0 Å². The van der Waals surface area contributed by atoms with Crippen molar-refractivity contribution in [2.24, 2.45) is 5.92 Å². The molecule has 5 heteroatoms. The van der Waals surface area contributed by atoms with Crippen LogP contribution in [-0.2, 0) is 9.59 Å². The van der Waals surface area contributed by atoms with Gasteiger partial charge in [0.2, 0.25) is 11.8 Å². The monoisotopic (exact) mass is 414 g/mol. The third-order valence-corrected chi connectivity index (χ3v) is 6.69. The maximum absolute atomic E-state index is 12.7. The number of carbonyl (C=O) groups is 2. The maximum Gasteiger partial charge on any atom is 0.242 e. The molecular weight excluding hydrogens is 388 g/mol. The molecular formula is C26H26N2O3. The van der Waals surface area contributed by atoms with E-state index in [1.54, 1.807) is 9.80 Å². The number of aliphatic hydroxyl groups excluding tert-OH is 1. The van der Waals surface area contributed by atoms with Gasteiger partial charge < -0.3 is 14.9 Å². The first-order valence-electron chi connectivity index (χ1n) is 11.0. The first-order valence-corrected chi connectivity index (χ1v) is 11.0. The second-order valence-corrected chi connectivity index (χ2v) is 8.80. The van der Waals surface area contributed by atoms with E-state index in [2.05, 4.69) is 11.8 Å². The number of benzene rings is 2. The molecule has 2 heterocycles. The number of carbonyl (C=O) groups excluding carboxylic acids is 2. The average molecular weight is 415 g/mol. The van der Waals surface area contributed by atoms with Gasteiger partial charge in [0, 0.05) is 30.0 Å². The molecule has 1 saturated carbocycles. The maximum atomic E-state index is 12.7. The Hall–Kier alpha value is -3.10. The number of piperazine rings is 1. The highest BCUT2D eigenvalue weighted by atomic mass is 16.3. The number of hydrogen-bond donors (Lipinski definition) is 1. The van der Waals surface area contributed by atoms with Crippen molar-refractivity contribution in [2.45, 2.75) is 37.3 Å². The summed E-state index contributed by atoms with van der Waals surface area (Å²) in [6.45, 7) is 0.617. The fraction of sp³-hybridized carbons (Fsp3) is 0.385. The zero-order valence-electron chi connectivity index (χ0n) is 17.4. The smallest absolute Gasteiger partial charge is 0.242 e. The van der Waals surface area contributed by atoms with Gasteiger partial charge in [0.05, 0.1) is 25.2 Å². The van der Waals surface area contributed by atoms with Crippen LogP contribution >= 0.6 is 0 Å². The van der Waals surface area contributed by atoms with Gasteiger partial charge in [-0.1, -0.05) is 42.2 Å². The number of nitrogens with zero attached hydrogens (tertiary/aromatic N) is 2. The van der Waals surface area contributed by atoms with E-state index in [1.807, 2.05) is 54.6 Å². The predicted octanol–water partition coefficient (Wildman–Crippen LogP) is 2.38. The minimum absolute atomic E-state index is 0.0293. The average Bonchev–Trinajstić information content (AvgIpc) is 3.59. The second kappa shape index (κ2) is 8.20. The lowest BCUT2D eigenvalue weighted by atomic mass is 9.73. The van der Waals surface area contributed by atoms with Crippen molar-refractivity contribution in [3.8, 4) is 11.8 Å². The van der Waals surface area contributed by atoms with Gasteiger partial charge in [-0.2, -0.15) is 0 Å². The molecule has 3 fully saturated rings. The van der Waals surface area contributed by atoms with Gasteiger partial charge in [-0.3, -0.25) is 9.59 Å². The number of fused-ring (bicyclic) bond motifs is 1. The molecule has 158 valence electrons. The lowest BCUT2D eigenvalue weighted by molar-refractivity contribution is -0.167. The minimum atomic E-state index is -0.223. The molecule has 0 spiro atoms.